The minimum Gasteiger partial charge on any atom is -0.493 e. The van der Waals surface area contributed by atoms with Crippen LogP contribution in [0, 0.1) is 13.8 Å². The molecule has 0 atom stereocenters. The summed E-state index contributed by atoms with van der Waals surface area (Å²) in [5, 5.41) is 38.3. The lowest BCUT2D eigenvalue weighted by Crippen LogP contribution is -2.01. The second-order valence-corrected chi connectivity index (χ2v) is 9.76. The zero-order chi connectivity index (χ0) is 28.1. The standard InChI is InChI=1S/C29H34N6O4/c1-5-7-13-34-22-11-9-18(3)15-20(22)26(28(34)38)32-30-24(36)17-25(37)31-33-27-21-16-19(4)10-12-23(21)35(29(27)39)14-8-6-2/h9-12,15-16,38-39H,5-8,13-14,17H2,1-4H3. The molecule has 2 aromatic carbocycles. The summed E-state index contributed by atoms with van der Waals surface area (Å²) in [7, 11) is 0. The minimum atomic E-state index is -0.814. The average molecular weight is 531 g/mol. The highest BCUT2D eigenvalue weighted by Gasteiger charge is 2.19. The Morgan fingerprint density at radius 2 is 1.13 bits per heavy atom. The van der Waals surface area contributed by atoms with E-state index in [0.717, 1.165) is 47.8 Å². The first kappa shape index (κ1) is 27.7. The van der Waals surface area contributed by atoms with Gasteiger partial charge in [-0.25, -0.2) is 0 Å². The van der Waals surface area contributed by atoms with Crippen molar-refractivity contribution in [3.05, 3.63) is 47.5 Å². The molecule has 0 radical (unpaired) electrons. The number of fused-ring (bicyclic) bond motifs is 2. The van der Waals surface area contributed by atoms with Gasteiger partial charge in [0.05, 0.1) is 11.0 Å². The fourth-order valence-corrected chi connectivity index (χ4v) is 4.57. The fraction of sp³-hybridized carbons (Fsp3) is 0.379. The van der Waals surface area contributed by atoms with Crippen molar-refractivity contribution in [1.82, 2.24) is 9.13 Å². The van der Waals surface area contributed by atoms with Gasteiger partial charge in [0, 0.05) is 23.9 Å². The van der Waals surface area contributed by atoms with Crippen LogP contribution in [0.25, 0.3) is 21.8 Å². The summed E-state index contributed by atoms with van der Waals surface area (Å²) >= 11 is 0. The lowest BCUT2D eigenvalue weighted by atomic mass is 10.1. The van der Waals surface area contributed by atoms with E-state index in [0.29, 0.717) is 23.9 Å². The van der Waals surface area contributed by atoms with E-state index < -0.39 is 18.2 Å². The molecular weight excluding hydrogens is 496 g/mol. The molecule has 0 bridgehead atoms. The summed E-state index contributed by atoms with van der Waals surface area (Å²) in [6, 6.07) is 11.4. The van der Waals surface area contributed by atoms with Gasteiger partial charge in [0.15, 0.2) is 11.4 Å². The summed E-state index contributed by atoms with van der Waals surface area (Å²) in [4.78, 5) is 24.9. The van der Waals surface area contributed by atoms with Crippen molar-refractivity contribution in [3.63, 3.8) is 0 Å². The van der Waals surface area contributed by atoms with Gasteiger partial charge in [-0.3, -0.25) is 9.59 Å². The average Bonchev–Trinajstić information content (AvgIpc) is 3.31. The second kappa shape index (κ2) is 12.0. The molecule has 39 heavy (non-hydrogen) atoms. The predicted octanol–water partition coefficient (Wildman–Crippen LogP) is 7.54. The Hall–Kier alpha value is -4.34. The highest BCUT2D eigenvalue weighted by atomic mass is 16.3. The van der Waals surface area contributed by atoms with Crippen LogP contribution in [0.4, 0.5) is 11.4 Å². The van der Waals surface area contributed by atoms with Crippen molar-refractivity contribution in [2.24, 2.45) is 20.5 Å². The van der Waals surface area contributed by atoms with Crippen LogP contribution in [0.5, 0.6) is 11.8 Å². The van der Waals surface area contributed by atoms with Crippen LogP contribution < -0.4 is 0 Å². The first-order valence-electron chi connectivity index (χ1n) is 13.3. The number of hydrogen-bond donors (Lipinski definition) is 2. The highest BCUT2D eigenvalue weighted by Crippen LogP contribution is 2.41. The molecule has 0 aliphatic carbocycles. The number of unbranched alkanes of at least 4 members (excludes halogenated alkanes) is 2. The number of hydrogen-bond acceptors (Lipinski definition) is 6. The van der Waals surface area contributed by atoms with Crippen molar-refractivity contribution in [1.29, 1.82) is 0 Å². The molecule has 4 rings (SSSR count). The number of benzene rings is 2. The normalized spacial score (nSPS) is 12.0. The molecule has 0 unspecified atom stereocenters. The Bertz CT molecular complexity index is 1480. The Morgan fingerprint density at radius 1 is 0.718 bits per heavy atom. The zero-order valence-corrected chi connectivity index (χ0v) is 22.8. The number of aromatic hydroxyl groups is 2. The number of aryl methyl sites for hydroxylation is 4. The fourth-order valence-electron chi connectivity index (χ4n) is 4.57. The number of carbonyl (C=O) groups is 2. The lowest BCUT2D eigenvalue weighted by Gasteiger charge is -2.05. The van der Waals surface area contributed by atoms with Crippen LogP contribution in [0.15, 0.2) is 56.9 Å². The third kappa shape index (κ3) is 5.89. The summed E-state index contributed by atoms with van der Waals surface area (Å²) in [6.07, 6.45) is 3.00. The summed E-state index contributed by atoms with van der Waals surface area (Å²) in [6.45, 7) is 9.18. The van der Waals surface area contributed by atoms with E-state index in [2.05, 4.69) is 34.3 Å². The first-order chi connectivity index (χ1) is 18.7. The van der Waals surface area contributed by atoms with Gasteiger partial charge in [0.1, 0.15) is 6.42 Å². The van der Waals surface area contributed by atoms with Crippen molar-refractivity contribution < 1.29 is 19.8 Å². The van der Waals surface area contributed by atoms with Gasteiger partial charge in [-0.1, -0.05) is 49.9 Å². The Balaban J connectivity index is 1.54. The van der Waals surface area contributed by atoms with Crippen LogP contribution in [0.1, 0.15) is 57.1 Å². The second-order valence-electron chi connectivity index (χ2n) is 9.76. The zero-order valence-electron chi connectivity index (χ0n) is 22.8. The molecule has 0 saturated carbocycles. The molecule has 2 amide bonds. The molecule has 204 valence electrons. The van der Waals surface area contributed by atoms with E-state index in [-0.39, 0.29) is 23.1 Å². The van der Waals surface area contributed by atoms with E-state index in [4.69, 9.17) is 0 Å². The quantitative estimate of drug-likeness (QED) is 0.162. The molecule has 0 aliphatic rings. The van der Waals surface area contributed by atoms with E-state index in [1.54, 1.807) is 9.13 Å². The molecule has 2 N–H and O–H groups in total. The summed E-state index contributed by atoms with van der Waals surface area (Å²) < 4.78 is 3.50. The number of amides is 2. The number of rotatable bonds is 10. The molecule has 10 heteroatoms. The van der Waals surface area contributed by atoms with Crippen molar-refractivity contribution >= 4 is 45.0 Å². The van der Waals surface area contributed by atoms with Crippen LogP contribution in [-0.2, 0) is 22.7 Å². The van der Waals surface area contributed by atoms with Crippen molar-refractivity contribution in [2.75, 3.05) is 0 Å². The molecule has 0 saturated heterocycles. The molecule has 2 aromatic heterocycles. The monoisotopic (exact) mass is 530 g/mol. The third-order valence-corrected chi connectivity index (χ3v) is 6.63. The van der Waals surface area contributed by atoms with E-state index >= 15 is 0 Å². The summed E-state index contributed by atoms with van der Waals surface area (Å²) in [5.74, 6) is -1.77. The van der Waals surface area contributed by atoms with Crippen LogP contribution in [0.3, 0.4) is 0 Å². The molecule has 2 heterocycles. The van der Waals surface area contributed by atoms with Crippen LogP contribution in [0.2, 0.25) is 0 Å². The number of carbonyl (C=O) groups excluding carboxylic acids is 2. The molecule has 0 fully saturated rings. The maximum atomic E-state index is 12.5. The van der Waals surface area contributed by atoms with E-state index in [9.17, 15) is 19.8 Å². The van der Waals surface area contributed by atoms with Crippen molar-refractivity contribution in [3.8, 4) is 11.8 Å². The van der Waals surface area contributed by atoms with E-state index in [1.807, 2.05) is 50.2 Å². The van der Waals surface area contributed by atoms with Gasteiger partial charge in [0.2, 0.25) is 11.8 Å². The van der Waals surface area contributed by atoms with Gasteiger partial charge in [0.25, 0.3) is 11.8 Å². The van der Waals surface area contributed by atoms with Crippen LogP contribution >= 0.6 is 0 Å². The third-order valence-electron chi connectivity index (χ3n) is 6.63. The first-order valence-corrected chi connectivity index (χ1v) is 13.3. The number of nitrogens with zero attached hydrogens (tertiary/aromatic N) is 6. The maximum absolute atomic E-state index is 12.5. The minimum absolute atomic E-state index is 0.0724. The SMILES string of the molecule is CCCCn1c(O)c(N=NC(=O)CC(=O)N=Nc2c(O)n(CCCC)c3ccc(C)cc23)c2cc(C)ccc21. The predicted molar refractivity (Wildman–Crippen MR) is 150 cm³/mol. The van der Waals surface area contributed by atoms with Crippen molar-refractivity contribution in [2.45, 2.75) is 72.9 Å². The van der Waals surface area contributed by atoms with Crippen LogP contribution in [-0.4, -0.2) is 31.2 Å². The molecule has 0 aliphatic heterocycles. The van der Waals surface area contributed by atoms with Gasteiger partial charge in [-0.2, -0.15) is 0 Å². The van der Waals surface area contributed by atoms with Gasteiger partial charge < -0.3 is 19.3 Å². The lowest BCUT2D eigenvalue weighted by molar-refractivity contribution is -0.126. The number of aromatic nitrogens is 2. The number of azo groups is 2. The summed E-state index contributed by atoms with van der Waals surface area (Å²) in [5.41, 5.74) is 3.92. The molecular formula is C29H34N6O4. The smallest absolute Gasteiger partial charge is 0.274 e. The van der Waals surface area contributed by atoms with E-state index in [1.165, 1.54) is 0 Å². The van der Waals surface area contributed by atoms with Gasteiger partial charge in [-0.05, 0) is 51.0 Å². The van der Waals surface area contributed by atoms with Gasteiger partial charge >= 0.3 is 0 Å². The highest BCUT2D eigenvalue weighted by molar-refractivity contribution is 5.99. The Kier molecular flexibility index (Phi) is 8.53. The molecule has 10 nitrogen and oxygen atoms in total. The topological polar surface area (TPSA) is 134 Å². The van der Waals surface area contributed by atoms with Gasteiger partial charge in [-0.15, -0.1) is 20.5 Å². The molecule has 4 aromatic rings. The maximum Gasteiger partial charge on any atom is 0.274 e. The Morgan fingerprint density at radius 3 is 1.51 bits per heavy atom. The largest absolute Gasteiger partial charge is 0.493 e. The molecule has 0 spiro atoms. The Labute approximate surface area is 226 Å².